The average molecular weight is 252 g/mol. The summed E-state index contributed by atoms with van der Waals surface area (Å²) in [6, 6.07) is 0. The minimum absolute atomic E-state index is 0.0704. The molecule has 2 heterocycles. The summed E-state index contributed by atoms with van der Waals surface area (Å²) >= 11 is 0. The fourth-order valence-corrected chi connectivity index (χ4v) is 2.06. The Kier molecular flexibility index (Phi) is 4.72. The first-order valence-electron chi connectivity index (χ1n) is 6.32. The number of aromatic nitrogens is 2. The molecule has 1 amide bonds. The topological polar surface area (TPSA) is 68.2 Å². The van der Waals surface area contributed by atoms with Crippen LogP contribution < -0.4 is 10.6 Å². The monoisotopic (exact) mass is 252 g/mol. The Balaban J connectivity index is 1.84. The molecule has 2 rings (SSSR count). The van der Waals surface area contributed by atoms with Gasteiger partial charge in [-0.15, -0.1) is 0 Å². The van der Waals surface area contributed by atoms with Crippen molar-refractivity contribution in [1.82, 2.24) is 15.1 Å². The summed E-state index contributed by atoms with van der Waals surface area (Å²) < 4.78 is 6.74. The van der Waals surface area contributed by atoms with E-state index in [4.69, 9.17) is 4.74 Å². The lowest BCUT2D eigenvalue weighted by molar-refractivity contribution is -0.120. The number of carbonyl (C=O) groups is 1. The summed E-state index contributed by atoms with van der Waals surface area (Å²) in [5.41, 5.74) is 0.752. The Hall–Kier alpha value is -1.40. The molecule has 18 heavy (non-hydrogen) atoms. The van der Waals surface area contributed by atoms with Crippen molar-refractivity contribution in [1.29, 1.82) is 0 Å². The largest absolute Gasteiger partial charge is 0.383 e. The molecule has 6 nitrogen and oxygen atoms in total. The molecule has 6 heteroatoms. The Morgan fingerprint density at radius 2 is 2.61 bits per heavy atom. The molecule has 1 atom stereocenters. The van der Waals surface area contributed by atoms with Gasteiger partial charge in [0, 0.05) is 19.9 Å². The number of hydrogen-bond acceptors (Lipinski definition) is 4. The zero-order valence-electron chi connectivity index (χ0n) is 10.7. The molecular formula is C12H20N4O2. The van der Waals surface area contributed by atoms with Crippen molar-refractivity contribution in [3.63, 3.8) is 0 Å². The van der Waals surface area contributed by atoms with Crippen molar-refractivity contribution in [3.05, 3.63) is 12.4 Å². The highest BCUT2D eigenvalue weighted by Crippen LogP contribution is 2.13. The molecule has 1 aliphatic heterocycles. The summed E-state index contributed by atoms with van der Waals surface area (Å²) in [5.74, 6) is 0.148. The van der Waals surface area contributed by atoms with Crippen LogP contribution in [0.4, 0.5) is 5.69 Å². The molecule has 100 valence electrons. The van der Waals surface area contributed by atoms with Gasteiger partial charge < -0.3 is 15.4 Å². The smallest absolute Gasteiger partial charge is 0.228 e. The van der Waals surface area contributed by atoms with Gasteiger partial charge >= 0.3 is 0 Å². The van der Waals surface area contributed by atoms with E-state index in [1.807, 2.05) is 6.20 Å². The normalized spacial score (nSPS) is 19.7. The summed E-state index contributed by atoms with van der Waals surface area (Å²) in [4.78, 5) is 12.0. The molecule has 0 spiro atoms. The minimum Gasteiger partial charge on any atom is -0.383 e. The van der Waals surface area contributed by atoms with E-state index < -0.39 is 0 Å². The third-order valence-electron chi connectivity index (χ3n) is 3.09. The van der Waals surface area contributed by atoms with E-state index >= 15 is 0 Å². The van der Waals surface area contributed by atoms with Crippen LogP contribution in [-0.4, -0.2) is 42.5 Å². The fraction of sp³-hybridized carbons (Fsp3) is 0.667. The quantitative estimate of drug-likeness (QED) is 0.799. The Morgan fingerprint density at radius 3 is 3.33 bits per heavy atom. The molecule has 1 fully saturated rings. The molecule has 1 saturated heterocycles. The van der Waals surface area contributed by atoms with Crippen LogP contribution in [0.1, 0.15) is 12.8 Å². The number of methoxy groups -OCH3 is 1. The molecule has 1 aromatic rings. The van der Waals surface area contributed by atoms with Gasteiger partial charge in [0.05, 0.1) is 31.0 Å². The fourth-order valence-electron chi connectivity index (χ4n) is 2.06. The van der Waals surface area contributed by atoms with E-state index in [2.05, 4.69) is 15.7 Å². The maximum absolute atomic E-state index is 12.0. The summed E-state index contributed by atoms with van der Waals surface area (Å²) in [6.07, 6.45) is 5.51. The average Bonchev–Trinajstić information content (AvgIpc) is 2.85. The van der Waals surface area contributed by atoms with Crippen LogP contribution >= 0.6 is 0 Å². The zero-order chi connectivity index (χ0) is 12.8. The second kappa shape index (κ2) is 6.51. The van der Waals surface area contributed by atoms with Crippen LogP contribution in [0.25, 0.3) is 0 Å². The molecule has 0 radical (unpaired) electrons. The van der Waals surface area contributed by atoms with E-state index in [0.717, 1.165) is 31.6 Å². The maximum atomic E-state index is 12.0. The van der Waals surface area contributed by atoms with Crippen LogP contribution in [0.3, 0.4) is 0 Å². The maximum Gasteiger partial charge on any atom is 0.228 e. The van der Waals surface area contributed by atoms with Crippen LogP contribution in [0.15, 0.2) is 12.4 Å². The number of anilines is 1. The number of hydrogen-bond donors (Lipinski definition) is 2. The van der Waals surface area contributed by atoms with Gasteiger partial charge in [0.15, 0.2) is 0 Å². The molecule has 0 bridgehead atoms. The molecule has 0 aliphatic carbocycles. The molecule has 0 aromatic carbocycles. The number of piperidine rings is 1. The van der Waals surface area contributed by atoms with E-state index in [1.165, 1.54) is 0 Å². The van der Waals surface area contributed by atoms with Gasteiger partial charge in [-0.2, -0.15) is 5.10 Å². The molecule has 1 aromatic heterocycles. The van der Waals surface area contributed by atoms with Crippen molar-refractivity contribution in [2.45, 2.75) is 19.4 Å². The molecule has 0 saturated carbocycles. The number of ether oxygens (including phenoxy) is 1. The lowest BCUT2D eigenvalue weighted by Gasteiger charge is -2.21. The Morgan fingerprint density at radius 1 is 1.72 bits per heavy atom. The SMILES string of the molecule is COCCn1cc(NC(=O)[C@H]2CCCNC2)cn1. The van der Waals surface area contributed by atoms with Crippen molar-refractivity contribution >= 4 is 11.6 Å². The molecule has 2 N–H and O–H groups in total. The van der Waals surface area contributed by atoms with Crippen LogP contribution in [0, 0.1) is 5.92 Å². The van der Waals surface area contributed by atoms with Crippen LogP contribution in [0.2, 0.25) is 0 Å². The standard InChI is InChI=1S/C12H20N4O2/c1-18-6-5-16-9-11(8-14-16)15-12(17)10-3-2-4-13-7-10/h8-10,13H,2-7H2,1H3,(H,15,17)/t10-/m0/s1. The van der Waals surface area contributed by atoms with Crippen molar-refractivity contribution < 1.29 is 9.53 Å². The summed E-state index contributed by atoms with van der Waals surface area (Å²) in [6.45, 7) is 3.08. The highest BCUT2D eigenvalue weighted by Gasteiger charge is 2.21. The first-order chi connectivity index (χ1) is 8.79. The Bertz CT molecular complexity index is 385. The van der Waals surface area contributed by atoms with E-state index in [-0.39, 0.29) is 11.8 Å². The number of carbonyl (C=O) groups excluding carboxylic acids is 1. The zero-order valence-corrected chi connectivity index (χ0v) is 10.7. The second-order valence-electron chi connectivity index (χ2n) is 4.52. The van der Waals surface area contributed by atoms with Gasteiger partial charge in [-0.1, -0.05) is 0 Å². The van der Waals surface area contributed by atoms with Gasteiger partial charge in [-0.05, 0) is 19.4 Å². The van der Waals surface area contributed by atoms with Crippen LogP contribution in [-0.2, 0) is 16.1 Å². The van der Waals surface area contributed by atoms with Crippen molar-refractivity contribution in [3.8, 4) is 0 Å². The third-order valence-corrected chi connectivity index (χ3v) is 3.09. The lowest BCUT2D eigenvalue weighted by atomic mass is 9.99. The van der Waals surface area contributed by atoms with E-state index in [1.54, 1.807) is 18.0 Å². The molecular weight excluding hydrogens is 232 g/mol. The molecule has 0 unspecified atom stereocenters. The predicted molar refractivity (Wildman–Crippen MR) is 68.3 cm³/mol. The highest BCUT2D eigenvalue weighted by atomic mass is 16.5. The van der Waals surface area contributed by atoms with Gasteiger partial charge in [-0.3, -0.25) is 9.48 Å². The third kappa shape index (κ3) is 3.54. The van der Waals surface area contributed by atoms with Crippen LogP contribution in [0.5, 0.6) is 0 Å². The lowest BCUT2D eigenvalue weighted by Crippen LogP contribution is -2.37. The van der Waals surface area contributed by atoms with Gasteiger partial charge in [0.25, 0.3) is 0 Å². The van der Waals surface area contributed by atoms with Crippen molar-refractivity contribution in [2.75, 3.05) is 32.1 Å². The molecule has 1 aliphatic rings. The number of amides is 1. The van der Waals surface area contributed by atoms with E-state index in [0.29, 0.717) is 13.2 Å². The summed E-state index contributed by atoms with van der Waals surface area (Å²) in [5, 5.41) is 10.3. The van der Waals surface area contributed by atoms with Gasteiger partial charge in [0.1, 0.15) is 0 Å². The number of rotatable bonds is 5. The predicted octanol–water partition coefficient (Wildman–Crippen LogP) is 0.468. The minimum atomic E-state index is 0.0704. The first kappa shape index (κ1) is 13.0. The van der Waals surface area contributed by atoms with Gasteiger partial charge in [-0.25, -0.2) is 0 Å². The Labute approximate surface area is 107 Å². The number of nitrogens with zero attached hydrogens (tertiary/aromatic N) is 2. The second-order valence-corrected chi connectivity index (χ2v) is 4.52. The highest BCUT2D eigenvalue weighted by molar-refractivity contribution is 5.92. The van der Waals surface area contributed by atoms with E-state index in [9.17, 15) is 4.79 Å². The number of nitrogens with one attached hydrogen (secondary N) is 2. The van der Waals surface area contributed by atoms with Gasteiger partial charge in [0.2, 0.25) is 5.91 Å². The van der Waals surface area contributed by atoms with Crippen molar-refractivity contribution in [2.24, 2.45) is 5.92 Å². The first-order valence-corrected chi connectivity index (χ1v) is 6.32. The summed E-state index contributed by atoms with van der Waals surface area (Å²) in [7, 11) is 1.66.